The molecule has 0 spiro atoms. The molecule has 0 bridgehead atoms. The Kier molecular flexibility index (Phi) is 4.93. The second-order valence-electron chi connectivity index (χ2n) is 5.84. The summed E-state index contributed by atoms with van der Waals surface area (Å²) in [5, 5.41) is 6.28. The van der Waals surface area contributed by atoms with Crippen molar-refractivity contribution in [2.45, 2.75) is 19.9 Å². The summed E-state index contributed by atoms with van der Waals surface area (Å²) in [6, 6.07) is 13.9. The molecule has 0 atom stereocenters. The molecule has 1 amide bonds. The number of carbonyl (C=O) groups is 1. The number of hydrogen-bond donors (Lipinski definition) is 2. The lowest BCUT2D eigenvalue weighted by Gasteiger charge is -2.08. The first-order valence-corrected chi connectivity index (χ1v) is 8.02. The number of rotatable bonds is 6. The molecule has 23 heavy (non-hydrogen) atoms. The van der Waals surface area contributed by atoms with E-state index in [4.69, 9.17) is 4.74 Å². The first kappa shape index (κ1) is 15.6. The molecule has 2 aromatic rings. The minimum atomic E-state index is -0.0264. The zero-order valence-electron chi connectivity index (χ0n) is 13.4. The molecule has 0 aromatic heterocycles. The minimum absolute atomic E-state index is 0.0264. The standard InChI is InChI=1S/C19H22N2O2/c1-14-2-5-16(6-3-14)19(22)21-10-9-20-13-15-4-7-18-17(12-15)8-11-23-18/h2-7,12,20H,8-11,13H2,1H3,(H,21,22). The van der Waals surface area contributed by atoms with Gasteiger partial charge in [-0.2, -0.15) is 0 Å². The molecule has 0 saturated carbocycles. The van der Waals surface area contributed by atoms with Crippen LogP contribution >= 0.6 is 0 Å². The maximum atomic E-state index is 12.0. The Labute approximate surface area is 136 Å². The van der Waals surface area contributed by atoms with Gasteiger partial charge in [0.1, 0.15) is 5.75 Å². The molecule has 120 valence electrons. The molecule has 0 unspecified atom stereocenters. The third-order valence-corrected chi connectivity index (χ3v) is 3.98. The predicted octanol–water partition coefficient (Wildman–Crippen LogP) is 2.45. The summed E-state index contributed by atoms with van der Waals surface area (Å²) in [7, 11) is 0. The number of hydrogen-bond acceptors (Lipinski definition) is 3. The van der Waals surface area contributed by atoms with E-state index in [1.54, 1.807) is 0 Å². The quantitative estimate of drug-likeness (QED) is 0.806. The minimum Gasteiger partial charge on any atom is -0.493 e. The molecule has 1 aliphatic rings. The Morgan fingerprint density at radius 3 is 2.78 bits per heavy atom. The highest BCUT2D eigenvalue weighted by molar-refractivity contribution is 5.94. The lowest BCUT2D eigenvalue weighted by molar-refractivity contribution is 0.0954. The Morgan fingerprint density at radius 2 is 1.96 bits per heavy atom. The van der Waals surface area contributed by atoms with Crippen molar-refractivity contribution in [3.05, 3.63) is 64.7 Å². The maximum absolute atomic E-state index is 12.0. The summed E-state index contributed by atoms with van der Waals surface area (Å²) in [4.78, 5) is 12.0. The van der Waals surface area contributed by atoms with Crippen molar-refractivity contribution in [1.82, 2.24) is 10.6 Å². The van der Waals surface area contributed by atoms with Crippen molar-refractivity contribution < 1.29 is 9.53 Å². The Morgan fingerprint density at radius 1 is 1.13 bits per heavy atom. The van der Waals surface area contributed by atoms with E-state index in [-0.39, 0.29) is 5.91 Å². The van der Waals surface area contributed by atoms with Gasteiger partial charge in [-0.25, -0.2) is 0 Å². The van der Waals surface area contributed by atoms with Gasteiger partial charge in [0.2, 0.25) is 0 Å². The zero-order chi connectivity index (χ0) is 16.1. The van der Waals surface area contributed by atoms with Crippen LogP contribution in [0, 0.1) is 6.92 Å². The van der Waals surface area contributed by atoms with Crippen LogP contribution in [-0.4, -0.2) is 25.6 Å². The van der Waals surface area contributed by atoms with Crippen molar-refractivity contribution in [3.63, 3.8) is 0 Å². The van der Waals surface area contributed by atoms with E-state index in [1.165, 1.54) is 11.1 Å². The topological polar surface area (TPSA) is 50.4 Å². The normalized spacial score (nSPS) is 12.6. The second kappa shape index (κ2) is 7.29. The van der Waals surface area contributed by atoms with Gasteiger partial charge < -0.3 is 15.4 Å². The lowest BCUT2D eigenvalue weighted by atomic mass is 10.1. The smallest absolute Gasteiger partial charge is 0.251 e. The lowest BCUT2D eigenvalue weighted by Crippen LogP contribution is -2.31. The first-order valence-electron chi connectivity index (χ1n) is 8.02. The molecule has 0 radical (unpaired) electrons. The van der Waals surface area contributed by atoms with E-state index in [1.807, 2.05) is 37.3 Å². The Hall–Kier alpha value is -2.33. The molecular formula is C19H22N2O2. The fourth-order valence-corrected chi connectivity index (χ4v) is 2.65. The van der Waals surface area contributed by atoms with Gasteiger partial charge in [0.25, 0.3) is 5.91 Å². The fourth-order valence-electron chi connectivity index (χ4n) is 2.65. The van der Waals surface area contributed by atoms with E-state index in [2.05, 4.69) is 22.8 Å². The van der Waals surface area contributed by atoms with Crippen LogP contribution in [0.15, 0.2) is 42.5 Å². The maximum Gasteiger partial charge on any atom is 0.251 e. The van der Waals surface area contributed by atoms with Gasteiger partial charge >= 0.3 is 0 Å². The van der Waals surface area contributed by atoms with E-state index in [0.29, 0.717) is 12.1 Å². The van der Waals surface area contributed by atoms with Crippen LogP contribution in [-0.2, 0) is 13.0 Å². The van der Waals surface area contributed by atoms with E-state index < -0.39 is 0 Å². The molecule has 1 aliphatic heterocycles. The highest BCUT2D eigenvalue weighted by Gasteiger charge is 2.11. The van der Waals surface area contributed by atoms with Gasteiger partial charge in [-0.1, -0.05) is 29.8 Å². The van der Waals surface area contributed by atoms with E-state index in [9.17, 15) is 4.79 Å². The number of benzene rings is 2. The highest BCUT2D eigenvalue weighted by Crippen LogP contribution is 2.25. The summed E-state index contributed by atoms with van der Waals surface area (Å²) in [6.45, 7) is 4.95. The largest absolute Gasteiger partial charge is 0.493 e. The number of aryl methyl sites for hydroxylation is 1. The number of fused-ring (bicyclic) bond motifs is 1. The third-order valence-electron chi connectivity index (χ3n) is 3.98. The molecule has 3 rings (SSSR count). The third kappa shape index (κ3) is 4.11. The summed E-state index contributed by atoms with van der Waals surface area (Å²) in [5.41, 5.74) is 4.40. The summed E-state index contributed by atoms with van der Waals surface area (Å²) < 4.78 is 5.50. The van der Waals surface area contributed by atoms with Gasteiger partial charge in [-0.15, -0.1) is 0 Å². The van der Waals surface area contributed by atoms with Crippen LogP contribution in [0.4, 0.5) is 0 Å². The zero-order valence-corrected chi connectivity index (χ0v) is 13.4. The van der Waals surface area contributed by atoms with Crippen LogP contribution < -0.4 is 15.4 Å². The van der Waals surface area contributed by atoms with Crippen molar-refractivity contribution in [3.8, 4) is 5.75 Å². The van der Waals surface area contributed by atoms with Gasteiger partial charge in [0.05, 0.1) is 6.61 Å². The molecular weight excluding hydrogens is 288 g/mol. The van der Waals surface area contributed by atoms with Gasteiger partial charge in [0.15, 0.2) is 0 Å². The summed E-state index contributed by atoms with van der Waals surface area (Å²) in [5.74, 6) is 0.987. The van der Waals surface area contributed by atoms with Crippen molar-refractivity contribution in [1.29, 1.82) is 0 Å². The average molecular weight is 310 g/mol. The SMILES string of the molecule is Cc1ccc(C(=O)NCCNCc2ccc3c(c2)CCO3)cc1. The van der Waals surface area contributed by atoms with Crippen molar-refractivity contribution >= 4 is 5.91 Å². The van der Waals surface area contributed by atoms with E-state index >= 15 is 0 Å². The van der Waals surface area contributed by atoms with Crippen LogP contribution in [0.5, 0.6) is 5.75 Å². The Balaban J connectivity index is 1.38. The van der Waals surface area contributed by atoms with Gasteiger partial charge in [-0.3, -0.25) is 4.79 Å². The molecule has 2 N–H and O–H groups in total. The molecule has 0 saturated heterocycles. The number of ether oxygens (including phenoxy) is 1. The molecule has 4 heteroatoms. The van der Waals surface area contributed by atoms with Gasteiger partial charge in [-0.05, 0) is 36.2 Å². The van der Waals surface area contributed by atoms with Crippen LogP contribution in [0.3, 0.4) is 0 Å². The molecule has 2 aromatic carbocycles. The van der Waals surface area contributed by atoms with Crippen LogP contribution in [0.25, 0.3) is 0 Å². The fraction of sp³-hybridized carbons (Fsp3) is 0.316. The van der Waals surface area contributed by atoms with Crippen LogP contribution in [0.2, 0.25) is 0 Å². The van der Waals surface area contributed by atoms with Crippen molar-refractivity contribution in [2.24, 2.45) is 0 Å². The van der Waals surface area contributed by atoms with E-state index in [0.717, 1.165) is 37.4 Å². The Bertz CT molecular complexity index is 680. The second-order valence-corrected chi connectivity index (χ2v) is 5.84. The van der Waals surface area contributed by atoms with Crippen LogP contribution in [0.1, 0.15) is 27.0 Å². The summed E-state index contributed by atoms with van der Waals surface area (Å²) in [6.07, 6.45) is 0.996. The number of carbonyl (C=O) groups excluding carboxylic acids is 1. The number of nitrogens with one attached hydrogen (secondary N) is 2. The summed E-state index contributed by atoms with van der Waals surface area (Å²) >= 11 is 0. The average Bonchev–Trinajstić information content (AvgIpc) is 3.02. The molecule has 0 aliphatic carbocycles. The van der Waals surface area contributed by atoms with Gasteiger partial charge in [0, 0.05) is 31.6 Å². The molecule has 4 nitrogen and oxygen atoms in total. The molecule has 1 heterocycles. The first-order chi connectivity index (χ1) is 11.2. The number of amides is 1. The predicted molar refractivity (Wildman–Crippen MR) is 90.9 cm³/mol. The monoisotopic (exact) mass is 310 g/mol. The van der Waals surface area contributed by atoms with Crippen molar-refractivity contribution in [2.75, 3.05) is 19.7 Å². The molecule has 0 fully saturated rings. The highest BCUT2D eigenvalue weighted by atomic mass is 16.5.